The molecule has 0 fully saturated rings. The van der Waals surface area contributed by atoms with Crippen molar-refractivity contribution in [3.05, 3.63) is 248 Å². The molecule has 68 heavy (non-hydrogen) atoms. The third kappa shape index (κ3) is 7.88. The van der Waals surface area contributed by atoms with Crippen molar-refractivity contribution in [2.24, 2.45) is 17.8 Å². The first-order valence-electron chi connectivity index (χ1n) is 24.1. The Labute approximate surface area is 400 Å². The van der Waals surface area contributed by atoms with Gasteiger partial charge in [-0.05, 0) is 163 Å². The normalized spacial score (nSPS) is 16.7. The minimum Gasteiger partial charge on any atom is -0.355 e. The van der Waals surface area contributed by atoms with E-state index in [1.54, 1.807) is 0 Å². The molecule has 0 radical (unpaired) electrons. The molecule has 0 aromatic heterocycles. The molecule has 0 spiro atoms. The van der Waals surface area contributed by atoms with E-state index >= 15 is 0 Å². The van der Waals surface area contributed by atoms with Gasteiger partial charge in [0.1, 0.15) is 0 Å². The summed E-state index contributed by atoms with van der Waals surface area (Å²) in [5.41, 5.74) is 24.9. The number of anilines is 4. The standard InChI is InChI=1S/C66H52N2/c1-43-16-14-21-50-36-51(34-44(2)66(43)50)54-37-53(45-17-4-3-5-18-45)41-57(42-54)67-63-27-11-8-23-59(63)49-20-15-19-48(35-49)46-30-32-47(33-31-46)52-38-55-40-56(39-52)60-24-9-12-28-64(60)68-65-29-13-10-26-62(65)61-25-7-6-22-58(55)61/h3-15,17-44,66-68H,16H2,1-2H3. The quantitative estimate of drug-likeness (QED) is 0.167. The van der Waals surface area contributed by atoms with Crippen LogP contribution in [-0.2, 0) is 0 Å². The lowest BCUT2D eigenvalue weighted by atomic mass is 9.70. The van der Waals surface area contributed by atoms with E-state index in [1.165, 1.54) is 89.0 Å². The van der Waals surface area contributed by atoms with E-state index in [-0.39, 0.29) is 0 Å². The molecule has 0 saturated heterocycles. The second kappa shape index (κ2) is 17.5. The summed E-state index contributed by atoms with van der Waals surface area (Å²) in [5.74, 6) is 1.70. The Morgan fingerprint density at radius 3 is 1.74 bits per heavy atom. The molecule has 2 heteroatoms. The molecular formula is C66H52N2. The van der Waals surface area contributed by atoms with E-state index in [0.29, 0.717) is 17.8 Å². The Morgan fingerprint density at radius 1 is 0.412 bits per heavy atom. The van der Waals surface area contributed by atoms with Crippen molar-refractivity contribution < 1.29 is 0 Å². The molecule has 2 N–H and O–H groups in total. The van der Waals surface area contributed by atoms with Crippen LogP contribution >= 0.6 is 0 Å². The summed E-state index contributed by atoms with van der Waals surface area (Å²) < 4.78 is 0. The second-order valence-electron chi connectivity index (χ2n) is 18.8. The van der Waals surface area contributed by atoms with Gasteiger partial charge in [-0.25, -0.2) is 0 Å². The van der Waals surface area contributed by atoms with Crippen LogP contribution in [0.1, 0.15) is 25.8 Å². The Morgan fingerprint density at radius 2 is 0.941 bits per heavy atom. The third-order valence-electron chi connectivity index (χ3n) is 14.3. The van der Waals surface area contributed by atoms with Crippen molar-refractivity contribution in [1.29, 1.82) is 0 Å². The predicted octanol–water partition coefficient (Wildman–Crippen LogP) is 18.3. The molecule has 3 aliphatic rings. The molecule has 9 aromatic rings. The van der Waals surface area contributed by atoms with Gasteiger partial charge in [0.15, 0.2) is 0 Å². The average molecular weight is 873 g/mol. The zero-order chi connectivity index (χ0) is 45.6. The van der Waals surface area contributed by atoms with Crippen LogP contribution in [0.3, 0.4) is 0 Å². The molecule has 2 bridgehead atoms. The minimum absolute atomic E-state index is 0.474. The van der Waals surface area contributed by atoms with Crippen LogP contribution in [0.25, 0.3) is 83.5 Å². The summed E-state index contributed by atoms with van der Waals surface area (Å²) in [6, 6.07) is 77.6. The van der Waals surface area contributed by atoms with Crippen LogP contribution in [-0.4, -0.2) is 0 Å². The van der Waals surface area contributed by atoms with Crippen LogP contribution in [0.2, 0.25) is 0 Å². The maximum atomic E-state index is 3.91. The first-order valence-corrected chi connectivity index (χ1v) is 24.1. The van der Waals surface area contributed by atoms with Gasteiger partial charge in [0.25, 0.3) is 0 Å². The van der Waals surface area contributed by atoms with E-state index in [2.05, 4.69) is 261 Å². The molecular weight excluding hydrogens is 821 g/mol. The predicted molar refractivity (Wildman–Crippen MR) is 289 cm³/mol. The molecule has 2 nitrogen and oxygen atoms in total. The Bertz CT molecular complexity index is 3460. The lowest BCUT2D eigenvalue weighted by Crippen LogP contribution is -2.24. The van der Waals surface area contributed by atoms with Crippen molar-refractivity contribution in [2.75, 3.05) is 10.6 Å². The van der Waals surface area contributed by atoms with Gasteiger partial charge in [0.05, 0.1) is 0 Å². The molecule has 326 valence electrons. The summed E-state index contributed by atoms with van der Waals surface area (Å²) in [6.07, 6.45) is 10.8. The van der Waals surface area contributed by atoms with E-state index < -0.39 is 0 Å². The number of nitrogens with one attached hydrogen (secondary N) is 2. The van der Waals surface area contributed by atoms with Crippen molar-refractivity contribution >= 4 is 28.3 Å². The first kappa shape index (κ1) is 41.2. The molecule has 12 rings (SSSR count). The largest absolute Gasteiger partial charge is 0.355 e. The molecule has 9 aromatic carbocycles. The van der Waals surface area contributed by atoms with Crippen LogP contribution < -0.4 is 10.6 Å². The van der Waals surface area contributed by atoms with Crippen LogP contribution in [0.5, 0.6) is 0 Å². The van der Waals surface area contributed by atoms with Crippen LogP contribution in [0, 0.1) is 17.8 Å². The van der Waals surface area contributed by atoms with E-state index in [0.717, 1.165) is 34.7 Å². The molecule has 3 atom stereocenters. The smallest absolute Gasteiger partial charge is 0.0464 e. The lowest BCUT2D eigenvalue weighted by Gasteiger charge is -2.35. The molecule has 2 aliphatic carbocycles. The molecule has 0 saturated carbocycles. The number of para-hydroxylation sites is 3. The van der Waals surface area contributed by atoms with Crippen LogP contribution in [0.15, 0.2) is 242 Å². The highest BCUT2D eigenvalue weighted by Crippen LogP contribution is 2.46. The van der Waals surface area contributed by atoms with Gasteiger partial charge >= 0.3 is 0 Å². The number of hydrogen-bond donors (Lipinski definition) is 2. The Balaban J connectivity index is 0.875. The van der Waals surface area contributed by atoms with Gasteiger partial charge in [-0.2, -0.15) is 0 Å². The summed E-state index contributed by atoms with van der Waals surface area (Å²) in [5, 5.41) is 7.71. The topological polar surface area (TPSA) is 24.1 Å². The Hall–Kier alpha value is -8.20. The SMILES string of the molecule is CC1C=C(c2cc(Nc3ccccc3-c3cccc(-c4ccc(-c5cc6cc(c5)-c5ccccc5-c5ccccc5Nc5ccccc5-6)cc4)c3)cc(-c3ccccc3)c2)C=C2C=CCC(C)C21. The van der Waals surface area contributed by atoms with Gasteiger partial charge < -0.3 is 10.6 Å². The minimum atomic E-state index is 0.474. The fourth-order valence-electron chi connectivity index (χ4n) is 11.0. The molecule has 1 heterocycles. The van der Waals surface area contributed by atoms with E-state index in [9.17, 15) is 0 Å². The van der Waals surface area contributed by atoms with Gasteiger partial charge in [0.2, 0.25) is 0 Å². The highest BCUT2D eigenvalue weighted by molar-refractivity contribution is 5.97. The van der Waals surface area contributed by atoms with Crippen molar-refractivity contribution in [2.45, 2.75) is 20.3 Å². The Kier molecular flexibility index (Phi) is 10.6. The summed E-state index contributed by atoms with van der Waals surface area (Å²) in [4.78, 5) is 0. The third-order valence-corrected chi connectivity index (χ3v) is 14.3. The first-order chi connectivity index (χ1) is 33.5. The number of fused-ring (bicyclic) bond motifs is 9. The fraction of sp³-hybridized carbons (Fsp3) is 0.0909. The molecule has 1 aliphatic heterocycles. The zero-order valence-corrected chi connectivity index (χ0v) is 38.5. The van der Waals surface area contributed by atoms with E-state index in [4.69, 9.17) is 0 Å². The summed E-state index contributed by atoms with van der Waals surface area (Å²) >= 11 is 0. The lowest BCUT2D eigenvalue weighted by molar-refractivity contribution is 0.338. The van der Waals surface area contributed by atoms with Gasteiger partial charge in [0, 0.05) is 39.4 Å². The van der Waals surface area contributed by atoms with Crippen molar-refractivity contribution in [3.63, 3.8) is 0 Å². The number of hydrogen-bond acceptors (Lipinski definition) is 2. The van der Waals surface area contributed by atoms with Crippen molar-refractivity contribution in [1.82, 2.24) is 0 Å². The second-order valence-corrected chi connectivity index (χ2v) is 18.8. The highest BCUT2D eigenvalue weighted by Gasteiger charge is 2.30. The van der Waals surface area contributed by atoms with Gasteiger partial charge in [-0.1, -0.05) is 190 Å². The van der Waals surface area contributed by atoms with Crippen LogP contribution in [0.4, 0.5) is 22.7 Å². The van der Waals surface area contributed by atoms with E-state index in [1.807, 2.05) is 0 Å². The number of allylic oxidation sites excluding steroid dienone is 6. The highest BCUT2D eigenvalue weighted by atomic mass is 14.9. The molecule has 0 amide bonds. The summed E-state index contributed by atoms with van der Waals surface area (Å²) in [7, 11) is 0. The zero-order valence-electron chi connectivity index (χ0n) is 38.5. The molecule has 3 unspecified atom stereocenters. The van der Waals surface area contributed by atoms with Gasteiger partial charge in [-0.15, -0.1) is 0 Å². The van der Waals surface area contributed by atoms with Crippen molar-refractivity contribution in [3.8, 4) is 77.9 Å². The van der Waals surface area contributed by atoms with Gasteiger partial charge in [-0.3, -0.25) is 0 Å². The maximum Gasteiger partial charge on any atom is 0.0464 e. The average Bonchev–Trinajstić information content (AvgIpc) is 3.39. The number of benzene rings is 9. The fourth-order valence-corrected chi connectivity index (χ4v) is 11.0. The maximum absolute atomic E-state index is 3.91. The monoisotopic (exact) mass is 872 g/mol. The summed E-state index contributed by atoms with van der Waals surface area (Å²) in [6.45, 7) is 4.79. The number of rotatable bonds is 7.